The summed E-state index contributed by atoms with van der Waals surface area (Å²) in [5.41, 5.74) is 0.878. The molecule has 1 heterocycles. The zero-order valence-electron chi connectivity index (χ0n) is 9.43. The molecule has 2 unspecified atom stereocenters. The lowest BCUT2D eigenvalue weighted by atomic mass is 10.0. The number of thioether (sulfide) groups is 1. The summed E-state index contributed by atoms with van der Waals surface area (Å²) >= 11 is 1.55. The quantitative estimate of drug-likeness (QED) is 0.867. The molecule has 4 nitrogen and oxygen atoms in total. The van der Waals surface area contributed by atoms with E-state index in [-0.39, 0.29) is 0 Å². The number of nitrogens with one attached hydrogen (secondary N) is 1. The molecule has 0 saturated heterocycles. The van der Waals surface area contributed by atoms with Crippen molar-refractivity contribution < 1.29 is 19.1 Å². The van der Waals surface area contributed by atoms with Gasteiger partial charge < -0.3 is 10.4 Å². The maximum atomic E-state index is 12.5. The van der Waals surface area contributed by atoms with Crippen LogP contribution in [-0.2, 0) is 9.59 Å². The minimum absolute atomic E-state index is 0.403. The number of rotatable bonds is 4. The number of aliphatic carboxylic acids is 1. The second-order valence-electron chi connectivity index (χ2n) is 3.96. The topological polar surface area (TPSA) is 66.4 Å². The minimum atomic E-state index is -1.46. The Morgan fingerprint density at radius 3 is 2.89 bits per heavy atom. The number of halogens is 1. The maximum absolute atomic E-state index is 12.5. The second kappa shape index (κ2) is 5.39. The van der Waals surface area contributed by atoms with Gasteiger partial charge in [-0.25, -0.2) is 9.18 Å². The Kier molecular flexibility index (Phi) is 3.86. The van der Waals surface area contributed by atoms with Crippen molar-refractivity contribution in [3.05, 3.63) is 29.8 Å². The van der Waals surface area contributed by atoms with Crippen LogP contribution in [0.15, 0.2) is 29.2 Å². The zero-order valence-corrected chi connectivity index (χ0v) is 10.2. The number of carbonyl (C=O) groups is 2. The van der Waals surface area contributed by atoms with E-state index < -0.39 is 30.5 Å². The highest BCUT2D eigenvalue weighted by Gasteiger charge is 2.31. The van der Waals surface area contributed by atoms with Crippen LogP contribution >= 0.6 is 11.8 Å². The van der Waals surface area contributed by atoms with Gasteiger partial charge in [0.25, 0.3) is 0 Å². The Balaban J connectivity index is 2.10. The fraction of sp³-hybridized carbons (Fsp3) is 0.333. The van der Waals surface area contributed by atoms with Crippen molar-refractivity contribution in [2.45, 2.75) is 16.9 Å². The van der Waals surface area contributed by atoms with Crippen LogP contribution in [0.2, 0.25) is 0 Å². The molecule has 1 aliphatic rings. The van der Waals surface area contributed by atoms with E-state index in [1.165, 1.54) is 0 Å². The zero-order chi connectivity index (χ0) is 13.1. The van der Waals surface area contributed by atoms with Crippen LogP contribution < -0.4 is 5.32 Å². The first-order valence-electron chi connectivity index (χ1n) is 5.44. The molecule has 18 heavy (non-hydrogen) atoms. The molecule has 0 fully saturated rings. The number of hydrogen-bond acceptors (Lipinski definition) is 3. The normalized spacial score (nSPS) is 19.1. The molecule has 1 aromatic rings. The molecule has 2 atom stereocenters. The van der Waals surface area contributed by atoms with Crippen molar-refractivity contribution in [2.24, 2.45) is 0 Å². The summed E-state index contributed by atoms with van der Waals surface area (Å²) in [5.74, 6) is -1.63. The van der Waals surface area contributed by atoms with Gasteiger partial charge in [0.05, 0.1) is 5.92 Å². The molecule has 6 heteroatoms. The van der Waals surface area contributed by atoms with Gasteiger partial charge in [-0.05, 0) is 11.6 Å². The van der Waals surface area contributed by atoms with E-state index in [0.29, 0.717) is 5.75 Å². The average molecular weight is 269 g/mol. The molecule has 2 rings (SSSR count). The molecular formula is C12H12FNO3S. The Bertz CT molecular complexity index is 480. The lowest BCUT2D eigenvalue weighted by molar-refractivity contribution is -0.142. The minimum Gasteiger partial charge on any atom is -0.480 e. The van der Waals surface area contributed by atoms with E-state index in [1.807, 2.05) is 24.3 Å². The third-order valence-corrected chi connectivity index (χ3v) is 3.97. The predicted octanol–water partition coefficient (Wildman–Crippen LogP) is 1.41. The molecule has 1 amide bonds. The van der Waals surface area contributed by atoms with Crippen LogP contribution in [0.5, 0.6) is 0 Å². The number of amides is 1. The van der Waals surface area contributed by atoms with E-state index in [4.69, 9.17) is 5.11 Å². The van der Waals surface area contributed by atoms with Crippen molar-refractivity contribution in [3.63, 3.8) is 0 Å². The summed E-state index contributed by atoms with van der Waals surface area (Å²) in [6.07, 6.45) is 0. The number of carbonyl (C=O) groups excluding carboxylic acids is 1. The molecule has 0 radical (unpaired) electrons. The van der Waals surface area contributed by atoms with Crippen LogP contribution in [0.4, 0.5) is 4.39 Å². The first kappa shape index (κ1) is 12.9. The Labute approximate surface area is 108 Å². The third kappa shape index (κ3) is 2.48. The van der Waals surface area contributed by atoms with Crippen molar-refractivity contribution >= 4 is 23.6 Å². The van der Waals surface area contributed by atoms with Crippen LogP contribution in [0.1, 0.15) is 11.5 Å². The number of hydrogen-bond donors (Lipinski definition) is 2. The van der Waals surface area contributed by atoms with Gasteiger partial charge in [-0.1, -0.05) is 18.2 Å². The number of benzene rings is 1. The van der Waals surface area contributed by atoms with Crippen LogP contribution in [0.3, 0.4) is 0 Å². The maximum Gasteiger partial charge on any atom is 0.328 e. The summed E-state index contributed by atoms with van der Waals surface area (Å²) in [6, 6.07) is 6.00. The molecular weight excluding hydrogens is 257 g/mol. The van der Waals surface area contributed by atoms with E-state index >= 15 is 0 Å². The summed E-state index contributed by atoms with van der Waals surface area (Å²) in [6.45, 7) is -1.11. The summed E-state index contributed by atoms with van der Waals surface area (Å²) in [5, 5.41) is 10.9. The average Bonchev–Trinajstić information content (AvgIpc) is 2.79. The largest absolute Gasteiger partial charge is 0.480 e. The molecule has 1 aliphatic heterocycles. The van der Waals surface area contributed by atoms with Gasteiger partial charge in [-0.2, -0.15) is 0 Å². The first-order chi connectivity index (χ1) is 8.63. The standard InChI is InChI=1S/C12H12FNO3S/c13-5-9(12(16)17)14-11(15)8-6-18-10-4-2-1-3-7(8)10/h1-4,8-9H,5-6H2,(H,14,15)(H,16,17). The summed E-state index contributed by atoms with van der Waals surface area (Å²) < 4.78 is 12.5. The molecule has 0 saturated carbocycles. The Morgan fingerprint density at radius 1 is 1.50 bits per heavy atom. The number of carboxylic acids is 1. The lowest BCUT2D eigenvalue weighted by Crippen LogP contribution is -2.44. The Morgan fingerprint density at radius 2 is 2.22 bits per heavy atom. The Hall–Kier alpha value is -1.56. The van der Waals surface area contributed by atoms with E-state index in [9.17, 15) is 14.0 Å². The van der Waals surface area contributed by atoms with Gasteiger partial charge in [0.2, 0.25) is 5.91 Å². The molecule has 0 spiro atoms. The smallest absolute Gasteiger partial charge is 0.328 e. The molecule has 0 aliphatic carbocycles. The highest BCUT2D eigenvalue weighted by atomic mass is 32.2. The van der Waals surface area contributed by atoms with Gasteiger partial charge in [0, 0.05) is 10.6 Å². The summed E-state index contributed by atoms with van der Waals surface area (Å²) in [7, 11) is 0. The fourth-order valence-electron chi connectivity index (χ4n) is 1.82. The van der Waals surface area contributed by atoms with Crippen molar-refractivity contribution in [1.29, 1.82) is 0 Å². The highest BCUT2D eigenvalue weighted by molar-refractivity contribution is 7.99. The van der Waals surface area contributed by atoms with Gasteiger partial charge in [-0.3, -0.25) is 4.79 Å². The third-order valence-electron chi connectivity index (χ3n) is 2.79. The number of fused-ring (bicyclic) bond motifs is 1. The summed E-state index contributed by atoms with van der Waals surface area (Å²) in [4.78, 5) is 23.6. The van der Waals surface area contributed by atoms with Crippen molar-refractivity contribution in [1.82, 2.24) is 5.32 Å². The molecule has 1 aromatic carbocycles. The monoisotopic (exact) mass is 269 g/mol. The number of carboxylic acid groups (broad SMARTS) is 1. The molecule has 96 valence electrons. The van der Waals surface area contributed by atoms with Crippen LogP contribution in [-0.4, -0.2) is 35.5 Å². The SMILES string of the molecule is O=C(O)C(CF)NC(=O)C1CSc2ccccc21. The lowest BCUT2D eigenvalue weighted by Gasteiger charge is -2.15. The molecule has 0 aromatic heterocycles. The van der Waals surface area contributed by atoms with Crippen molar-refractivity contribution in [2.75, 3.05) is 12.4 Å². The molecule has 0 bridgehead atoms. The molecule has 2 N–H and O–H groups in total. The van der Waals surface area contributed by atoms with Gasteiger partial charge in [-0.15, -0.1) is 11.8 Å². The van der Waals surface area contributed by atoms with Gasteiger partial charge in [0.1, 0.15) is 6.67 Å². The highest BCUT2D eigenvalue weighted by Crippen LogP contribution is 2.39. The van der Waals surface area contributed by atoms with E-state index in [1.54, 1.807) is 11.8 Å². The van der Waals surface area contributed by atoms with Gasteiger partial charge >= 0.3 is 5.97 Å². The van der Waals surface area contributed by atoms with E-state index in [0.717, 1.165) is 10.5 Å². The second-order valence-corrected chi connectivity index (χ2v) is 5.02. The van der Waals surface area contributed by atoms with Crippen molar-refractivity contribution in [3.8, 4) is 0 Å². The van der Waals surface area contributed by atoms with Gasteiger partial charge in [0.15, 0.2) is 6.04 Å². The van der Waals surface area contributed by atoms with E-state index in [2.05, 4.69) is 5.32 Å². The van der Waals surface area contributed by atoms with Crippen LogP contribution in [0.25, 0.3) is 0 Å². The van der Waals surface area contributed by atoms with Crippen LogP contribution in [0, 0.1) is 0 Å². The predicted molar refractivity (Wildman–Crippen MR) is 65.4 cm³/mol. The first-order valence-corrected chi connectivity index (χ1v) is 6.43. The number of alkyl halides is 1. The fourth-order valence-corrected chi connectivity index (χ4v) is 3.05.